The zero-order valence-electron chi connectivity index (χ0n) is 12.6. The first-order valence-corrected chi connectivity index (χ1v) is 6.87. The lowest BCUT2D eigenvalue weighted by atomic mass is 10.3. The summed E-state index contributed by atoms with van der Waals surface area (Å²) < 4.78 is 5.01. The molecule has 0 aromatic carbocycles. The van der Waals surface area contributed by atoms with Gasteiger partial charge in [0.1, 0.15) is 0 Å². The van der Waals surface area contributed by atoms with Crippen LogP contribution in [0.15, 0.2) is 4.99 Å². The van der Waals surface area contributed by atoms with Crippen LogP contribution in [0, 0.1) is 0 Å². The Morgan fingerprint density at radius 1 is 1.28 bits per heavy atom. The molecule has 0 aliphatic heterocycles. The summed E-state index contributed by atoms with van der Waals surface area (Å²) in [6.07, 6.45) is 0.989. The van der Waals surface area contributed by atoms with Crippen molar-refractivity contribution >= 4 is 5.96 Å². The minimum Gasteiger partial charge on any atom is -0.385 e. The Morgan fingerprint density at radius 3 is 2.44 bits per heavy atom. The van der Waals surface area contributed by atoms with Gasteiger partial charge in [0.25, 0.3) is 0 Å². The summed E-state index contributed by atoms with van der Waals surface area (Å²) >= 11 is 0. The summed E-state index contributed by atoms with van der Waals surface area (Å²) in [7, 11) is 3.52. The van der Waals surface area contributed by atoms with Gasteiger partial charge in [-0.1, -0.05) is 13.8 Å². The highest BCUT2D eigenvalue weighted by atomic mass is 16.5. The van der Waals surface area contributed by atoms with Gasteiger partial charge in [0, 0.05) is 39.9 Å². The standard InChI is InChI=1S/C13H30N4O/c1-6-17(7-2)12(3)11-16-13(14-4)15-9-8-10-18-5/h12H,6-11H2,1-5H3,(H2,14,15,16). The third kappa shape index (κ3) is 7.50. The molecule has 0 aliphatic rings. The average molecular weight is 258 g/mol. The maximum absolute atomic E-state index is 5.01. The smallest absolute Gasteiger partial charge is 0.191 e. The normalized spacial score (nSPS) is 13.8. The van der Waals surface area contributed by atoms with E-state index in [4.69, 9.17) is 4.74 Å². The highest BCUT2D eigenvalue weighted by molar-refractivity contribution is 5.79. The lowest BCUT2D eigenvalue weighted by molar-refractivity contribution is 0.195. The first-order valence-electron chi connectivity index (χ1n) is 6.87. The van der Waals surface area contributed by atoms with Gasteiger partial charge >= 0.3 is 0 Å². The SMILES string of the molecule is CCN(CC)C(C)CNC(=NC)NCCCOC. The molecular formula is C13H30N4O. The van der Waals surface area contributed by atoms with Crippen LogP contribution in [0.4, 0.5) is 0 Å². The van der Waals surface area contributed by atoms with Gasteiger partial charge in [-0.25, -0.2) is 0 Å². The van der Waals surface area contributed by atoms with Crippen molar-refractivity contribution in [2.75, 3.05) is 46.9 Å². The second-order valence-electron chi connectivity index (χ2n) is 4.30. The zero-order valence-corrected chi connectivity index (χ0v) is 12.6. The highest BCUT2D eigenvalue weighted by Gasteiger charge is 2.09. The van der Waals surface area contributed by atoms with E-state index in [-0.39, 0.29) is 0 Å². The monoisotopic (exact) mass is 258 g/mol. The Kier molecular flexibility index (Phi) is 10.8. The molecule has 5 heteroatoms. The molecule has 0 fully saturated rings. The number of rotatable bonds is 9. The van der Waals surface area contributed by atoms with E-state index in [0.717, 1.165) is 45.2 Å². The lowest BCUT2D eigenvalue weighted by Gasteiger charge is -2.27. The molecule has 0 radical (unpaired) electrons. The molecule has 0 heterocycles. The van der Waals surface area contributed by atoms with Gasteiger partial charge in [-0.05, 0) is 26.4 Å². The van der Waals surface area contributed by atoms with Crippen molar-refractivity contribution in [3.63, 3.8) is 0 Å². The fraction of sp³-hybridized carbons (Fsp3) is 0.923. The molecule has 2 N–H and O–H groups in total. The number of hydrogen-bond donors (Lipinski definition) is 2. The van der Waals surface area contributed by atoms with E-state index in [1.807, 2.05) is 0 Å². The van der Waals surface area contributed by atoms with Crippen LogP contribution in [0.3, 0.4) is 0 Å². The fourth-order valence-electron chi connectivity index (χ4n) is 1.86. The maximum Gasteiger partial charge on any atom is 0.191 e. The van der Waals surface area contributed by atoms with E-state index in [1.54, 1.807) is 14.2 Å². The van der Waals surface area contributed by atoms with E-state index in [2.05, 4.69) is 41.3 Å². The maximum atomic E-state index is 5.01. The Hall–Kier alpha value is -0.810. The lowest BCUT2D eigenvalue weighted by Crippen LogP contribution is -2.46. The molecule has 1 atom stereocenters. The average Bonchev–Trinajstić information content (AvgIpc) is 2.39. The van der Waals surface area contributed by atoms with Crippen molar-refractivity contribution in [1.82, 2.24) is 15.5 Å². The first-order chi connectivity index (χ1) is 8.69. The molecular weight excluding hydrogens is 228 g/mol. The van der Waals surface area contributed by atoms with Crippen LogP contribution in [0.25, 0.3) is 0 Å². The quantitative estimate of drug-likeness (QED) is 0.367. The van der Waals surface area contributed by atoms with Gasteiger partial charge in [0.05, 0.1) is 0 Å². The topological polar surface area (TPSA) is 48.9 Å². The number of methoxy groups -OCH3 is 1. The molecule has 0 aliphatic carbocycles. The molecule has 1 unspecified atom stereocenters. The Bertz CT molecular complexity index is 217. The minimum atomic E-state index is 0.512. The van der Waals surface area contributed by atoms with E-state index in [1.165, 1.54) is 0 Å². The largest absolute Gasteiger partial charge is 0.385 e. The van der Waals surface area contributed by atoms with E-state index in [9.17, 15) is 0 Å². The van der Waals surface area contributed by atoms with Crippen LogP contribution in [0.5, 0.6) is 0 Å². The number of aliphatic imine (C=N–C) groups is 1. The Morgan fingerprint density at radius 2 is 1.94 bits per heavy atom. The van der Waals surface area contributed by atoms with Crippen LogP contribution >= 0.6 is 0 Å². The molecule has 0 bridgehead atoms. The van der Waals surface area contributed by atoms with Crippen molar-refractivity contribution in [1.29, 1.82) is 0 Å². The molecule has 0 aromatic heterocycles. The summed E-state index contributed by atoms with van der Waals surface area (Å²) in [6.45, 7) is 11.4. The first kappa shape index (κ1) is 17.2. The third-order valence-corrected chi connectivity index (χ3v) is 3.04. The van der Waals surface area contributed by atoms with Crippen LogP contribution in [-0.4, -0.2) is 63.8 Å². The summed E-state index contributed by atoms with van der Waals surface area (Å²) in [5.74, 6) is 0.866. The van der Waals surface area contributed by atoms with E-state index >= 15 is 0 Å². The van der Waals surface area contributed by atoms with Crippen LogP contribution in [-0.2, 0) is 4.74 Å². The Balaban J connectivity index is 3.86. The Labute approximate surface area is 112 Å². The van der Waals surface area contributed by atoms with Gasteiger partial charge < -0.3 is 15.4 Å². The predicted molar refractivity (Wildman–Crippen MR) is 78.2 cm³/mol. The molecule has 0 saturated heterocycles. The van der Waals surface area contributed by atoms with Gasteiger partial charge in [0.15, 0.2) is 5.96 Å². The fourth-order valence-corrected chi connectivity index (χ4v) is 1.86. The second-order valence-corrected chi connectivity index (χ2v) is 4.30. The summed E-state index contributed by atoms with van der Waals surface area (Å²) in [5, 5.41) is 6.63. The number of nitrogens with one attached hydrogen (secondary N) is 2. The molecule has 0 aromatic rings. The van der Waals surface area contributed by atoms with Gasteiger partial charge in [-0.2, -0.15) is 0 Å². The summed E-state index contributed by atoms with van der Waals surface area (Å²) in [5.41, 5.74) is 0. The molecule has 5 nitrogen and oxygen atoms in total. The molecule has 0 spiro atoms. The zero-order chi connectivity index (χ0) is 13.8. The summed E-state index contributed by atoms with van der Waals surface area (Å²) in [4.78, 5) is 6.63. The number of guanidine groups is 1. The molecule has 18 heavy (non-hydrogen) atoms. The second kappa shape index (κ2) is 11.3. The van der Waals surface area contributed by atoms with Crippen molar-refractivity contribution < 1.29 is 4.74 Å². The number of hydrogen-bond acceptors (Lipinski definition) is 3. The molecule has 108 valence electrons. The van der Waals surface area contributed by atoms with E-state index in [0.29, 0.717) is 6.04 Å². The van der Waals surface area contributed by atoms with Crippen molar-refractivity contribution in [2.45, 2.75) is 33.2 Å². The van der Waals surface area contributed by atoms with E-state index < -0.39 is 0 Å². The number of ether oxygens (including phenoxy) is 1. The summed E-state index contributed by atoms with van der Waals surface area (Å²) in [6, 6.07) is 0.512. The van der Waals surface area contributed by atoms with Crippen molar-refractivity contribution in [3.8, 4) is 0 Å². The molecule has 0 rings (SSSR count). The minimum absolute atomic E-state index is 0.512. The highest BCUT2D eigenvalue weighted by Crippen LogP contribution is 1.96. The van der Waals surface area contributed by atoms with Crippen LogP contribution < -0.4 is 10.6 Å². The van der Waals surface area contributed by atoms with Gasteiger partial charge in [0.2, 0.25) is 0 Å². The molecule has 0 saturated carbocycles. The van der Waals surface area contributed by atoms with Crippen LogP contribution in [0.1, 0.15) is 27.2 Å². The van der Waals surface area contributed by atoms with Crippen molar-refractivity contribution in [2.24, 2.45) is 4.99 Å². The molecule has 0 amide bonds. The van der Waals surface area contributed by atoms with Gasteiger partial charge in [-0.3, -0.25) is 9.89 Å². The van der Waals surface area contributed by atoms with Crippen LogP contribution in [0.2, 0.25) is 0 Å². The van der Waals surface area contributed by atoms with Crippen molar-refractivity contribution in [3.05, 3.63) is 0 Å². The number of nitrogens with zero attached hydrogens (tertiary/aromatic N) is 2. The van der Waals surface area contributed by atoms with Gasteiger partial charge in [-0.15, -0.1) is 0 Å². The number of likely N-dealkylation sites (N-methyl/N-ethyl adjacent to an activating group) is 1. The predicted octanol–water partition coefficient (Wildman–Crippen LogP) is 0.918. The third-order valence-electron chi connectivity index (χ3n) is 3.04.